The van der Waals surface area contributed by atoms with E-state index in [2.05, 4.69) is 0 Å². The third-order valence-electron chi connectivity index (χ3n) is 0.824. The van der Waals surface area contributed by atoms with Crippen molar-refractivity contribution in [2.24, 2.45) is 0 Å². The van der Waals surface area contributed by atoms with Crippen LogP contribution < -0.4 is 0 Å². The minimum atomic E-state index is -0.125. The van der Waals surface area contributed by atoms with Crippen LogP contribution in [0.15, 0.2) is 23.7 Å². The van der Waals surface area contributed by atoms with Crippen LogP contribution in [0.25, 0.3) is 0 Å². The van der Waals surface area contributed by atoms with Gasteiger partial charge >= 0.3 is 0 Å². The van der Waals surface area contributed by atoms with Gasteiger partial charge in [-0.1, -0.05) is 0 Å². The molecule has 0 aromatic rings. The van der Waals surface area contributed by atoms with Gasteiger partial charge in [-0.25, -0.2) is 0 Å². The fourth-order valence-electron chi connectivity index (χ4n) is 0.588. The standard InChI is InChI=1S/2C5H8O2.2ClH/c2*1-4(6)3-5(2)7;;/h2*3,6H,1-2H3;2*1H/b2*4-3-;;. The van der Waals surface area contributed by atoms with Crippen LogP contribution in [-0.2, 0) is 9.59 Å². The van der Waals surface area contributed by atoms with Crippen molar-refractivity contribution in [3.05, 3.63) is 23.7 Å². The molecule has 4 nitrogen and oxygen atoms in total. The Labute approximate surface area is 108 Å². The molecule has 0 unspecified atom stereocenters. The summed E-state index contributed by atoms with van der Waals surface area (Å²) in [6.07, 6.45) is 2.33. The molecule has 2 N–H and O–H groups in total. The fraction of sp³-hybridized carbons (Fsp3) is 0.400. The van der Waals surface area contributed by atoms with Crippen LogP contribution in [0.4, 0.5) is 0 Å². The van der Waals surface area contributed by atoms with E-state index in [0.717, 1.165) is 0 Å². The largest absolute Gasteiger partial charge is 0.512 e. The second kappa shape index (κ2) is 14.0. The SMILES string of the molecule is CC(=O)/C=C(/C)O.CC(=O)/C=C(/C)O.Cl.Cl. The average Bonchev–Trinajstić information content (AvgIpc) is 1.79. The molecule has 0 bridgehead atoms. The Morgan fingerprint density at radius 1 is 0.750 bits per heavy atom. The van der Waals surface area contributed by atoms with Gasteiger partial charge in [0.15, 0.2) is 11.6 Å². The lowest BCUT2D eigenvalue weighted by molar-refractivity contribution is -0.113. The molecule has 0 aromatic carbocycles. The van der Waals surface area contributed by atoms with Gasteiger partial charge in [-0.3, -0.25) is 9.59 Å². The Hall–Kier alpha value is -1.000. The molecular weight excluding hydrogens is 255 g/mol. The zero-order valence-corrected chi connectivity index (χ0v) is 11.3. The highest BCUT2D eigenvalue weighted by molar-refractivity contribution is 5.87. The highest BCUT2D eigenvalue weighted by Gasteiger charge is 1.83. The van der Waals surface area contributed by atoms with E-state index < -0.39 is 0 Å². The number of aliphatic hydroxyl groups excluding tert-OH is 2. The first-order valence-electron chi connectivity index (χ1n) is 4.01. The zero-order chi connectivity index (χ0) is 11.7. The molecule has 0 saturated heterocycles. The van der Waals surface area contributed by atoms with Gasteiger partial charge in [-0.15, -0.1) is 24.8 Å². The molecule has 0 spiro atoms. The third-order valence-corrected chi connectivity index (χ3v) is 0.824. The molecule has 96 valence electrons. The second-order valence-electron chi connectivity index (χ2n) is 2.79. The summed E-state index contributed by atoms with van der Waals surface area (Å²) in [5.41, 5.74) is 0. The molecule has 0 radical (unpaired) electrons. The molecule has 0 aliphatic carbocycles. The Kier molecular flexibility index (Phi) is 21.3. The molecule has 0 fully saturated rings. The molecule has 16 heavy (non-hydrogen) atoms. The van der Waals surface area contributed by atoms with E-state index in [0.29, 0.717) is 0 Å². The van der Waals surface area contributed by atoms with Gasteiger partial charge in [0.2, 0.25) is 0 Å². The van der Waals surface area contributed by atoms with Crippen LogP contribution >= 0.6 is 24.8 Å². The molecule has 0 atom stereocenters. The van der Waals surface area contributed by atoms with Crippen molar-refractivity contribution in [3.63, 3.8) is 0 Å². The Bertz CT molecular complexity index is 234. The second-order valence-corrected chi connectivity index (χ2v) is 2.79. The summed E-state index contributed by atoms with van der Waals surface area (Å²) < 4.78 is 0. The average molecular weight is 273 g/mol. The topological polar surface area (TPSA) is 74.6 Å². The summed E-state index contributed by atoms with van der Waals surface area (Å²) in [6.45, 7) is 5.70. The van der Waals surface area contributed by atoms with Crippen LogP contribution in [-0.4, -0.2) is 21.8 Å². The predicted molar refractivity (Wildman–Crippen MR) is 68.6 cm³/mol. The molecule has 6 heteroatoms. The van der Waals surface area contributed by atoms with Crippen LogP contribution in [0.2, 0.25) is 0 Å². The van der Waals surface area contributed by atoms with Gasteiger partial charge in [-0.05, 0) is 27.7 Å². The Balaban J connectivity index is -0.0000000800. The quantitative estimate of drug-likeness (QED) is 0.599. The van der Waals surface area contributed by atoms with Crippen molar-refractivity contribution in [1.82, 2.24) is 0 Å². The zero-order valence-electron chi connectivity index (χ0n) is 9.68. The van der Waals surface area contributed by atoms with E-state index >= 15 is 0 Å². The summed E-state index contributed by atoms with van der Waals surface area (Å²) in [6, 6.07) is 0. The number of carbonyl (C=O) groups excluding carboxylic acids is 2. The van der Waals surface area contributed by atoms with Crippen molar-refractivity contribution in [2.45, 2.75) is 27.7 Å². The summed E-state index contributed by atoms with van der Waals surface area (Å²) in [5.74, 6) is -0.125. The summed E-state index contributed by atoms with van der Waals surface area (Å²) in [7, 11) is 0. The molecule has 0 rings (SSSR count). The number of ketones is 2. The van der Waals surface area contributed by atoms with E-state index in [1.165, 1.54) is 39.8 Å². The molecular formula is C10H18Cl2O4. The number of carbonyl (C=O) groups is 2. The smallest absolute Gasteiger partial charge is 0.155 e. The van der Waals surface area contributed by atoms with Gasteiger partial charge < -0.3 is 10.2 Å². The van der Waals surface area contributed by atoms with Crippen LogP contribution in [0.1, 0.15) is 27.7 Å². The van der Waals surface area contributed by atoms with Crippen molar-refractivity contribution < 1.29 is 19.8 Å². The first kappa shape index (κ1) is 24.3. The molecule has 0 amide bonds. The highest BCUT2D eigenvalue weighted by atomic mass is 35.5. The molecule has 0 saturated carbocycles. The number of rotatable bonds is 2. The lowest BCUT2D eigenvalue weighted by Gasteiger charge is -1.80. The van der Waals surface area contributed by atoms with Crippen LogP contribution in [0.5, 0.6) is 0 Å². The number of halogens is 2. The number of hydrogen-bond acceptors (Lipinski definition) is 4. The lowest BCUT2D eigenvalue weighted by atomic mass is 10.4. The van der Waals surface area contributed by atoms with Gasteiger partial charge in [0, 0.05) is 12.2 Å². The maximum atomic E-state index is 10.0. The molecule has 0 heterocycles. The predicted octanol–water partition coefficient (Wildman–Crippen LogP) is 2.92. The minimum Gasteiger partial charge on any atom is -0.512 e. The van der Waals surface area contributed by atoms with Crippen molar-refractivity contribution >= 4 is 36.4 Å². The normalized spacial score (nSPS) is 10.0. The summed E-state index contributed by atoms with van der Waals surface area (Å²) in [4.78, 5) is 20.0. The maximum absolute atomic E-state index is 10.0. The number of aliphatic hydroxyl groups is 2. The number of hydrogen-bond donors (Lipinski definition) is 2. The molecule has 0 aliphatic heterocycles. The van der Waals surface area contributed by atoms with Crippen molar-refractivity contribution in [3.8, 4) is 0 Å². The Morgan fingerprint density at radius 3 is 0.938 bits per heavy atom. The lowest BCUT2D eigenvalue weighted by Crippen LogP contribution is -1.82. The van der Waals surface area contributed by atoms with E-state index in [4.69, 9.17) is 10.2 Å². The first-order valence-corrected chi connectivity index (χ1v) is 4.01. The number of allylic oxidation sites excluding steroid dienone is 4. The summed E-state index contributed by atoms with van der Waals surface area (Å²) >= 11 is 0. The minimum absolute atomic E-state index is 0. The van der Waals surface area contributed by atoms with Crippen LogP contribution in [0, 0.1) is 0 Å². The maximum Gasteiger partial charge on any atom is 0.155 e. The fourth-order valence-corrected chi connectivity index (χ4v) is 0.588. The van der Waals surface area contributed by atoms with Crippen LogP contribution in [0.3, 0.4) is 0 Å². The van der Waals surface area contributed by atoms with Crippen molar-refractivity contribution in [1.29, 1.82) is 0 Å². The van der Waals surface area contributed by atoms with Crippen molar-refractivity contribution in [2.75, 3.05) is 0 Å². The van der Waals surface area contributed by atoms with E-state index in [1.807, 2.05) is 0 Å². The monoisotopic (exact) mass is 272 g/mol. The van der Waals surface area contributed by atoms with E-state index in [-0.39, 0.29) is 47.9 Å². The molecule has 0 aromatic heterocycles. The highest BCUT2D eigenvalue weighted by Crippen LogP contribution is 1.82. The molecule has 0 aliphatic rings. The summed E-state index contributed by atoms with van der Waals surface area (Å²) in [5, 5.41) is 16.7. The van der Waals surface area contributed by atoms with E-state index in [1.54, 1.807) is 0 Å². The van der Waals surface area contributed by atoms with Gasteiger partial charge in [0.1, 0.15) is 0 Å². The third kappa shape index (κ3) is 38.2. The van der Waals surface area contributed by atoms with E-state index in [9.17, 15) is 9.59 Å². The Morgan fingerprint density at radius 2 is 0.938 bits per heavy atom. The van der Waals surface area contributed by atoms with Gasteiger partial charge in [-0.2, -0.15) is 0 Å². The van der Waals surface area contributed by atoms with Gasteiger partial charge in [0.25, 0.3) is 0 Å². The van der Waals surface area contributed by atoms with Gasteiger partial charge in [0.05, 0.1) is 11.5 Å². The first-order chi connectivity index (χ1) is 6.25.